The van der Waals surface area contributed by atoms with Crippen LogP contribution in [0.15, 0.2) is 97.1 Å². The summed E-state index contributed by atoms with van der Waals surface area (Å²) in [6.07, 6.45) is 0. The van der Waals surface area contributed by atoms with Crippen molar-refractivity contribution in [2.75, 3.05) is 24.9 Å². The lowest BCUT2D eigenvalue weighted by atomic mass is 10.1. The van der Waals surface area contributed by atoms with Gasteiger partial charge in [0.25, 0.3) is 5.91 Å². The number of amides is 2. The van der Waals surface area contributed by atoms with Gasteiger partial charge in [-0.3, -0.25) is 9.59 Å². The molecule has 190 valence electrons. The summed E-state index contributed by atoms with van der Waals surface area (Å²) in [6.45, 7) is 0.0606. The molecule has 0 saturated carbocycles. The number of imidazole rings is 1. The van der Waals surface area contributed by atoms with Gasteiger partial charge in [0.05, 0.1) is 25.3 Å². The van der Waals surface area contributed by atoms with E-state index in [4.69, 9.17) is 14.5 Å². The third-order valence-corrected chi connectivity index (χ3v) is 6.04. The molecule has 0 saturated heterocycles. The average Bonchev–Trinajstić information content (AvgIpc) is 3.31. The summed E-state index contributed by atoms with van der Waals surface area (Å²) in [4.78, 5) is 30.6. The van der Waals surface area contributed by atoms with E-state index in [-0.39, 0.29) is 18.4 Å². The summed E-state index contributed by atoms with van der Waals surface area (Å²) in [5.74, 6) is 1.51. The maximum atomic E-state index is 13.0. The molecule has 2 amide bonds. The van der Waals surface area contributed by atoms with E-state index in [9.17, 15) is 9.59 Å². The van der Waals surface area contributed by atoms with Crippen molar-refractivity contribution in [2.45, 2.75) is 6.54 Å². The second-order valence-corrected chi connectivity index (χ2v) is 8.55. The first kappa shape index (κ1) is 24.6. The number of para-hydroxylation sites is 2. The first-order chi connectivity index (χ1) is 18.5. The van der Waals surface area contributed by atoms with Crippen LogP contribution in [-0.2, 0) is 11.3 Å². The van der Waals surface area contributed by atoms with Gasteiger partial charge in [0.15, 0.2) is 0 Å². The number of benzene rings is 4. The van der Waals surface area contributed by atoms with E-state index >= 15 is 0 Å². The second-order valence-electron chi connectivity index (χ2n) is 8.55. The van der Waals surface area contributed by atoms with Gasteiger partial charge in [0, 0.05) is 34.6 Å². The van der Waals surface area contributed by atoms with Crippen molar-refractivity contribution in [2.24, 2.45) is 0 Å². The van der Waals surface area contributed by atoms with Crippen LogP contribution in [0.2, 0.25) is 0 Å². The quantitative estimate of drug-likeness (QED) is 0.285. The molecular formula is C30H26N4O4. The standard InChI is InChI=1S/C30H26N4O4/c1-37-24-9-5-7-22(17-24)31-28(35)19-34-27-12-4-3-11-26(27)33-29(34)20-13-15-21(16-14-20)30(36)32-23-8-6-10-25(18-23)38-2/h3-18H,19H2,1-2H3,(H,31,35)(H,32,36). The third-order valence-electron chi connectivity index (χ3n) is 6.04. The molecule has 1 aromatic heterocycles. The van der Waals surface area contributed by atoms with Gasteiger partial charge in [-0.05, 0) is 48.5 Å². The molecule has 38 heavy (non-hydrogen) atoms. The van der Waals surface area contributed by atoms with E-state index in [1.54, 1.807) is 44.6 Å². The minimum absolute atomic E-state index is 0.0606. The molecule has 0 aliphatic carbocycles. The number of anilines is 2. The normalized spacial score (nSPS) is 10.7. The van der Waals surface area contributed by atoms with Crippen LogP contribution in [0, 0.1) is 0 Å². The summed E-state index contributed by atoms with van der Waals surface area (Å²) >= 11 is 0. The van der Waals surface area contributed by atoms with E-state index in [1.165, 1.54) is 0 Å². The Morgan fingerprint density at radius 2 is 1.39 bits per heavy atom. The fourth-order valence-corrected chi connectivity index (χ4v) is 4.18. The maximum absolute atomic E-state index is 13.0. The fourth-order valence-electron chi connectivity index (χ4n) is 4.18. The van der Waals surface area contributed by atoms with Crippen molar-refractivity contribution in [1.29, 1.82) is 0 Å². The molecule has 0 unspecified atom stereocenters. The molecule has 5 aromatic rings. The van der Waals surface area contributed by atoms with Crippen molar-refractivity contribution >= 4 is 34.2 Å². The summed E-state index contributed by atoms with van der Waals surface area (Å²) in [5, 5.41) is 5.81. The lowest BCUT2D eigenvalue weighted by molar-refractivity contribution is -0.116. The van der Waals surface area contributed by atoms with Crippen LogP contribution in [0.4, 0.5) is 11.4 Å². The number of nitrogens with one attached hydrogen (secondary N) is 2. The number of ether oxygens (including phenoxy) is 2. The monoisotopic (exact) mass is 506 g/mol. The number of nitrogens with zero attached hydrogens (tertiary/aromatic N) is 2. The summed E-state index contributed by atoms with van der Waals surface area (Å²) in [7, 11) is 3.16. The lowest BCUT2D eigenvalue weighted by Gasteiger charge is -2.11. The number of carbonyl (C=O) groups excluding carboxylic acids is 2. The zero-order valence-electron chi connectivity index (χ0n) is 21.0. The summed E-state index contributed by atoms with van der Waals surface area (Å²) in [5.41, 5.74) is 4.18. The number of fused-ring (bicyclic) bond motifs is 1. The van der Waals surface area contributed by atoms with Crippen molar-refractivity contribution in [3.8, 4) is 22.9 Å². The molecule has 0 radical (unpaired) electrons. The SMILES string of the molecule is COc1cccc(NC(=O)Cn2c(-c3ccc(C(=O)Nc4cccc(OC)c4)cc3)nc3ccccc32)c1. The first-order valence-corrected chi connectivity index (χ1v) is 12.0. The van der Waals surface area contributed by atoms with Crippen LogP contribution in [-0.4, -0.2) is 35.6 Å². The van der Waals surface area contributed by atoms with E-state index in [0.717, 1.165) is 16.6 Å². The Morgan fingerprint density at radius 3 is 2.05 bits per heavy atom. The van der Waals surface area contributed by atoms with E-state index in [1.807, 2.05) is 71.3 Å². The van der Waals surface area contributed by atoms with Crippen molar-refractivity contribution in [3.63, 3.8) is 0 Å². The fraction of sp³-hybridized carbons (Fsp3) is 0.100. The molecular weight excluding hydrogens is 480 g/mol. The smallest absolute Gasteiger partial charge is 0.255 e. The molecule has 2 N–H and O–H groups in total. The van der Waals surface area contributed by atoms with Crippen LogP contribution in [0.25, 0.3) is 22.4 Å². The summed E-state index contributed by atoms with van der Waals surface area (Å²) < 4.78 is 12.3. The Hall–Kier alpha value is -5.11. The van der Waals surface area contributed by atoms with Crippen LogP contribution in [0.3, 0.4) is 0 Å². The molecule has 8 nitrogen and oxygen atoms in total. The number of hydrogen-bond donors (Lipinski definition) is 2. The van der Waals surface area contributed by atoms with Gasteiger partial charge in [-0.25, -0.2) is 4.98 Å². The minimum Gasteiger partial charge on any atom is -0.497 e. The topological polar surface area (TPSA) is 94.5 Å². The predicted molar refractivity (Wildman–Crippen MR) is 148 cm³/mol. The van der Waals surface area contributed by atoms with Crippen molar-refractivity contribution in [3.05, 3.63) is 103 Å². The number of methoxy groups -OCH3 is 2. The van der Waals surface area contributed by atoms with Gasteiger partial charge in [0.2, 0.25) is 5.91 Å². The molecule has 5 rings (SSSR count). The average molecular weight is 507 g/mol. The molecule has 4 aromatic carbocycles. The molecule has 8 heteroatoms. The van der Waals surface area contributed by atoms with Crippen LogP contribution in [0.1, 0.15) is 10.4 Å². The molecule has 0 aliphatic heterocycles. The van der Waals surface area contributed by atoms with Gasteiger partial charge < -0.3 is 24.7 Å². The highest BCUT2D eigenvalue weighted by Crippen LogP contribution is 2.26. The van der Waals surface area contributed by atoms with Crippen LogP contribution < -0.4 is 20.1 Å². The largest absolute Gasteiger partial charge is 0.497 e. The van der Waals surface area contributed by atoms with Crippen LogP contribution >= 0.6 is 0 Å². The molecule has 0 bridgehead atoms. The van der Waals surface area contributed by atoms with Gasteiger partial charge in [-0.15, -0.1) is 0 Å². The predicted octanol–water partition coefficient (Wildman–Crippen LogP) is 5.61. The zero-order valence-corrected chi connectivity index (χ0v) is 21.0. The third kappa shape index (κ3) is 5.34. The highest BCUT2D eigenvalue weighted by atomic mass is 16.5. The number of carbonyl (C=O) groups is 2. The minimum atomic E-state index is -0.240. The summed E-state index contributed by atoms with van der Waals surface area (Å²) in [6, 6.07) is 29.2. The molecule has 1 heterocycles. The Labute approximate surface area is 219 Å². The second kappa shape index (κ2) is 10.9. The Bertz CT molecular complexity index is 1610. The lowest BCUT2D eigenvalue weighted by Crippen LogP contribution is -2.19. The number of aromatic nitrogens is 2. The molecule has 0 spiro atoms. The highest BCUT2D eigenvalue weighted by molar-refractivity contribution is 6.04. The number of rotatable bonds is 8. The van der Waals surface area contributed by atoms with Crippen molar-refractivity contribution in [1.82, 2.24) is 9.55 Å². The Morgan fingerprint density at radius 1 is 0.763 bits per heavy atom. The van der Waals surface area contributed by atoms with Crippen molar-refractivity contribution < 1.29 is 19.1 Å². The van der Waals surface area contributed by atoms with Gasteiger partial charge in [-0.2, -0.15) is 0 Å². The highest BCUT2D eigenvalue weighted by Gasteiger charge is 2.16. The van der Waals surface area contributed by atoms with Crippen LogP contribution in [0.5, 0.6) is 11.5 Å². The molecule has 0 fully saturated rings. The van der Waals surface area contributed by atoms with Gasteiger partial charge in [0.1, 0.15) is 23.9 Å². The number of hydrogen-bond acceptors (Lipinski definition) is 5. The van der Waals surface area contributed by atoms with E-state index < -0.39 is 0 Å². The van der Waals surface area contributed by atoms with E-state index in [2.05, 4.69) is 10.6 Å². The Kier molecular flexibility index (Phi) is 7.04. The van der Waals surface area contributed by atoms with E-state index in [0.29, 0.717) is 34.3 Å². The maximum Gasteiger partial charge on any atom is 0.255 e. The zero-order chi connectivity index (χ0) is 26.5. The Balaban J connectivity index is 1.39. The van der Waals surface area contributed by atoms with Gasteiger partial charge in [-0.1, -0.05) is 36.4 Å². The first-order valence-electron chi connectivity index (χ1n) is 12.0. The van der Waals surface area contributed by atoms with Gasteiger partial charge >= 0.3 is 0 Å². The molecule has 0 atom stereocenters. The molecule has 0 aliphatic rings.